The van der Waals surface area contributed by atoms with Crippen LogP contribution in [0.15, 0.2) is 70.1 Å². The molecule has 0 unspecified atom stereocenters. The summed E-state index contributed by atoms with van der Waals surface area (Å²) < 4.78 is 0. The molecule has 0 spiro atoms. The van der Waals surface area contributed by atoms with Gasteiger partial charge in [-0.1, -0.05) is 60.3 Å². The molecule has 2 amide bonds. The summed E-state index contributed by atoms with van der Waals surface area (Å²) in [7, 11) is 0. The van der Waals surface area contributed by atoms with E-state index in [-0.39, 0.29) is 18.0 Å². The molecule has 0 radical (unpaired) electrons. The third-order valence-electron chi connectivity index (χ3n) is 4.94. The van der Waals surface area contributed by atoms with E-state index in [1.807, 2.05) is 30.3 Å². The number of β-lactam (4-membered cyclic amide) rings is 1. The van der Waals surface area contributed by atoms with Crippen LogP contribution >= 0.6 is 23.5 Å². The molecule has 2 aliphatic rings. The van der Waals surface area contributed by atoms with Crippen molar-refractivity contribution in [2.45, 2.75) is 22.7 Å². The van der Waals surface area contributed by atoms with Crippen LogP contribution in [-0.4, -0.2) is 51.2 Å². The van der Waals surface area contributed by atoms with Gasteiger partial charge in [-0.05, 0) is 11.6 Å². The molecule has 1 fully saturated rings. The summed E-state index contributed by atoms with van der Waals surface area (Å²) in [4.78, 5) is 50.7. The number of amides is 2. The van der Waals surface area contributed by atoms with Crippen molar-refractivity contribution in [3.05, 3.63) is 76.3 Å². The van der Waals surface area contributed by atoms with E-state index < -0.39 is 23.3 Å². The summed E-state index contributed by atoms with van der Waals surface area (Å²) in [5.74, 6) is -1.58. The number of carboxylic acids is 1. The summed E-state index contributed by atoms with van der Waals surface area (Å²) >= 11 is 2.57. The number of rotatable bonds is 7. The molecular weight excluding hydrogens is 436 g/mol. The van der Waals surface area contributed by atoms with Crippen LogP contribution in [0.5, 0.6) is 0 Å². The molecule has 9 heteroatoms. The first-order valence-corrected chi connectivity index (χ1v) is 11.3. The number of aldehydes is 1. The molecule has 2 aromatic rings. The number of benzene rings is 2. The standard InChI is InChI=1S/C22H18N2O5S2/c25-11-14-8-4-5-9-15(14)31-16-12-30-21-18(20(27)24(21)19(16)22(28)29)23-17(26)10-13-6-2-1-3-7-13/h1-9,11,18,21H,10,12H2,(H,23,26)(H,28,29)/t18-,21-/m1/s1. The number of carboxylic acid groups (broad SMARTS) is 1. The molecule has 158 valence electrons. The van der Waals surface area contributed by atoms with Crippen LogP contribution < -0.4 is 5.32 Å². The summed E-state index contributed by atoms with van der Waals surface area (Å²) in [6.07, 6.45) is 0.863. The second-order valence-corrected chi connectivity index (χ2v) is 9.19. The quantitative estimate of drug-likeness (QED) is 0.489. The fourth-order valence-corrected chi connectivity index (χ4v) is 6.04. The lowest BCUT2D eigenvalue weighted by Gasteiger charge is -2.49. The van der Waals surface area contributed by atoms with Gasteiger partial charge in [-0.3, -0.25) is 19.3 Å². The Labute approximate surface area is 186 Å². The second kappa shape index (κ2) is 8.99. The van der Waals surface area contributed by atoms with Crippen molar-refractivity contribution >= 4 is 47.6 Å². The van der Waals surface area contributed by atoms with E-state index in [2.05, 4.69) is 5.32 Å². The number of hydrogen-bond acceptors (Lipinski definition) is 6. The lowest BCUT2D eigenvalue weighted by molar-refractivity contribution is -0.150. The number of nitrogens with one attached hydrogen (secondary N) is 1. The predicted octanol–water partition coefficient (Wildman–Crippen LogP) is 2.53. The van der Waals surface area contributed by atoms with Gasteiger partial charge in [0.2, 0.25) is 5.91 Å². The smallest absolute Gasteiger partial charge is 0.353 e. The van der Waals surface area contributed by atoms with Gasteiger partial charge in [0, 0.05) is 21.1 Å². The minimum atomic E-state index is -1.21. The van der Waals surface area contributed by atoms with Gasteiger partial charge in [0.1, 0.15) is 17.1 Å². The molecule has 2 aromatic carbocycles. The Hall–Kier alpha value is -3.04. The molecule has 4 rings (SSSR count). The number of fused-ring (bicyclic) bond motifs is 1. The van der Waals surface area contributed by atoms with E-state index in [1.165, 1.54) is 28.4 Å². The third-order valence-corrected chi connectivity index (χ3v) is 7.58. The minimum absolute atomic E-state index is 0.0898. The van der Waals surface area contributed by atoms with Crippen LogP contribution in [0, 0.1) is 0 Å². The van der Waals surface area contributed by atoms with Crippen molar-refractivity contribution in [1.82, 2.24) is 10.2 Å². The molecule has 1 saturated heterocycles. The van der Waals surface area contributed by atoms with Gasteiger partial charge in [0.25, 0.3) is 5.91 Å². The highest BCUT2D eigenvalue weighted by atomic mass is 32.2. The number of thioether (sulfide) groups is 2. The fraction of sp³-hybridized carbons (Fsp3) is 0.182. The number of carbonyl (C=O) groups is 4. The van der Waals surface area contributed by atoms with Gasteiger partial charge in [-0.15, -0.1) is 11.8 Å². The molecule has 0 saturated carbocycles. The first kappa shape index (κ1) is 21.2. The molecule has 0 bridgehead atoms. The van der Waals surface area contributed by atoms with E-state index in [0.717, 1.165) is 11.8 Å². The van der Waals surface area contributed by atoms with E-state index in [4.69, 9.17) is 0 Å². The zero-order chi connectivity index (χ0) is 22.0. The number of nitrogens with zero attached hydrogens (tertiary/aromatic N) is 1. The third kappa shape index (κ3) is 4.24. The Morgan fingerprint density at radius 1 is 1.16 bits per heavy atom. The Morgan fingerprint density at radius 3 is 2.58 bits per heavy atom. The van der Waals surface area contributed by atoms with Crippen LogP contribution in [0.3, 0.4) is 0 Å². The molecule has 31 heavy (non-hydrogen) atoms. The highest BCUT2D eigenvalue weighted by molar-refractivity contribution is 8.06. The second-order valence-electron chi connectivity index (χ2n) is 6.95. The lowest BCUT2D eigenvalue weighted by atomic mass is 10.0. The van der Waals surface area contributed by atoms with Crippen LogP contribution in [0.4, 0.5) is 0 Å². The Balaban J connectivity index is 1.51. The summed E-state index contributed by atoms with van der Waals surface area (Å²) in [6, 6.07) is 15.3. The molecule has 2 heterocycles. The summed E-state index contributed by atoms with van der Waals surface area (Å²) in [6.45, 7) is 0. The van der Waals surface area contributed by atoms with Gasteiger partial charge >= 0.3 is 5.97 Å². The van der Waals surface area contributed by atoms with Gasteiger partial charge in [-0.2, -0.15) is 0 Å². The Morgan fingerprint density at radius 2 is 1.87 bits per heavy atom. The highest BCUT2D eigenvalue weighted by Gasteiger charge is 2.54. The van der Waals surface area contributed by atoms with Crippen molar-refractivity contribution in [2.24, 2.45) is 0 Å². The van der Waals surface area contributed by atoms with E-state index in [9.17, 15) is 24.3 Å². The van der Waals surface area contributed by atoms with E-state index >= 15 is 0 Å². The van der Waals surface area contributed by atoms with Gasteiger partial charge in [0.15, 0.2) is 6.29 Å². The van der Waals surface area contributed by atoms with Crippen LogP contribution in [0.1, 0.15) is 15.9 Å². The van der Waals surface area contributed by atoms with Gasteiger partial charge in [-0.25, -0.2) is 4.79 Å². The maximum atomic E-state index is 12.8. The maximum Gasteiger partial charge on any atom is 0.353 e. The predicted molar refractivity (Wildman–Crippen MR) is 118 cm³/mol. The molecular formula is C22H18N2O5S2. The fourth-order valence-electron chi connectivity index (χ4n) is 3.48. The number of aliphatic carboxylic acids is 1. The number of hydrogen-bond donors (Lipinski definition) is 2. The van der Waals surface area contributed by atoms with E-state index in [1.54, 1.807) is 24.3 Å². The van der Waals surface area contributed by atoms with Crippen LogP contribution in [-0.2, 0) is 20.8 Å². The Bertz CT molecular complexity index is 1090. The van der Waals surface area contributed by atoms with Crippen molar-refractivity contribution in [2.75, 3.05) is 5.75 Å². The zero-order valence-electron chi connectivity index (χ0n) is 16.2. The average Bonchev–Trinajstić information content (AvgIpc) is 2.78. The summed E-state index contributed by atoms with van der Waals surface area (Å²) in [5.41, 5.74) is 1.20. The molecule has 7 nitrogen and oxygen atoms in total. The number of carbonyl (C=O) groups excluding carboxylic acids is 3. The molecule has 2 atom stereocenters. The summed E-state index contributed by atoms with van der Waals surface area (Å²) in [5, 5.41) is 12.1. The zero-order valence-corrected chi connectivity index (χ0v) is 17.8. The van der Waals surface area contributed by atoms with Crippen molar-refractivity contribution in [1.29, 1.82) is 0 Å². The molecule has 0 aromatic heterocycles. The van der Waals surface area contributed by atoms with Crippen molar-refractivity contribution in [3.63, 3.8) is 0 Å². The first-order chi connectivity index (χ1) is 15.0. The van der Waals surface area contributed by atoms with E-state index in [0.29, 0.717) is 21.1 Å². The molecule has 2 aliphatic heterocycles. The molecule has 0 aliphatic carbocycles. The van der Waals surface area contributed by atoms with Crippen LogP contribution in [0.25, 0.3) is 0 Å². The largest absolute Gasteiger partial charge is 0.477 e. The first-order valence-electron chi connectivity index (χ1n) is 9.46. The molecule has 2 N–H and O–H groups in total. The van der Waals surface area contributed by atoms with Crippen molar-refractivity contribution in [3.8, 4) is 0 Å². The average molecular weight is 455 g/mol. The van der Waals surface area contributed by atoms with Gasteiger partial charge < -0.3 is 10.4 Å². The SMILES string of the molecule is O=Cc1ccccc1SC1=C(C(=O)O)N2C(=O)[C@@H](NC(=O)Cc3ccccc3)[C@H]2SC1. The maximum absolute atomic E-state index is 12.8. The monoisotopic (exact) mass is 454 g/mol. The normalized spacial score (nSPS) is 20.0. The lowest BCUT2D eigenvalue weighted by Crippen LogP contribution is -2.70. The minimum Gasteiger partial charge on any atom is -0.477 e. The van der Waals surface area contributed by atoms with Crippen LogP contribution in [0.2, 0.25) is 0 Å². The van der Waals surface area contributed by atoms with Gasteiger partial charge in [0.05, 0.1) is 6.42 Å². The van der Waals surface area contributed by atoms with Crippen molar-refractivity contribution < 1.29 is 24.3 Å². The highest BCUT2D eigenvalue weighted by Crippen LogP contribution is 2.45. The Kier molecular flexibility index (Phi) is 6.15. The topological polar surface area (TPSA) is 104 Å².